The molecule has 0 fully saturated rings. The topological polar surface area (TPSA) is 42.0 Å². The van der Waals surface area contributed by atoms with E-state index in [1.165, 1.54) is 0 Å². The number of nitrogens with zero attached hydrogens (tertiary/aromatic N) is 1. The molecule has 1 aromatic carbocycles. The van der Waals surface area contributed by atoms with Crippen molar-refractivity contribution in [1.29, 1.82) is 0 Å². The largest absolute Gasteiger partial charge is 0.471 e. The lowest BCUT2D eigenvalue weighted by Gasteiger charge is -2.04. The molecule has 0 saturated heterocycles. The summed E-state index contributed by atoms with van der Waals surface area (Å²) in [7, 11) is 0. The van der Waals surface area contributed by atoms with Gasteiger partial charge in [0.1, 0.15) is 0 Å². The Balaban J connectivity index is 2.16. The smallest absolute Gasteiger partial charge is 0.294 e. The van der Waals surface area contributed by atoms with Gasteiger partial charge in [-0.15, -0.1) is 11.3 Å². The summed E-state index contributed by atoms with van der Waals surface area (Å²) in [4.78, 5) is 14.7. The average molecular weight is 351 g/mol. The van der Waals surface area contributed by atoms with Crippen molar-refractivity contribution in [2.24, 2.45) is 0 Å². The zero-order valence-corrected chi connectivity index (χ0v) is 11.6. The van der Waals surface area contributed by atoms with Gasteiger partial charge in [-0.3, -0.25) is 10.1 Å². The second-order valence-electron chi connectivity index (χ2n) is 3.50. The van der Waals surface area contributed by atoms with Gasteiger partial charge in [0.15, 0.2) is 5.13 Å². The van der Waals surface area contributed by atoms with E-state index in [4.69, 9.17) is 0 Å². The summed E-state index contributed by atoms with van der Waals surface area (Å²) in [5, 5.41) is 3.21. The Morgan fingerprint density at radius 2 is 1.89 bits per heavy atom. The molecule has 0 aliphatic rings. The lowest BCUT2D eigenvalue weighted by atomic mass is 10.2. The maximum absolute atomic E-state index is 12.1. The highest BCUT2D eigenvalue weighted by Crippen LogP contribution is 2.27. The van der Waals surface area contributed by atoms with Crippen LogP contribution in [0.3, 0.4) is 0 Å². The third-order valence-corrected chi connectivity index (χ3v) is 3.41. The van der Waals surface area contributed by atoms with Crippen LogP contribution in [0.1, 0.15) is 0 Å². The van der Waals surface area contributed by atoms with Gasteiger partial charge in [0.2, 0.25) is 0 Å². The molecule has 1 aromatic heterocycles. The van der Waals surface area contributed by atoms with E-state index in [9.17, 15) is 18.0 Å². The molecular weight excluding hydrogens is 345 g/mol. The average Bonchev–Trinajstić information content (AvgIpc) is 2.77. The van der Waals surface area contributed by atoms with Crippen molar-refractivity contribution in [2.75, 3.05) is 5.32 Å². The van der Waals surface area contributed by atoms with Crippen LogP contribution in [0.25, 0.3) is 11.3 Å². The van der Waals surface area contributed by atoms with Gasteiger partial charge in [0.05, 0.1) is 5.69 Å². The van der Waals surface area contributed by atoms with Gasteiger partial charge in [0, 0.05) is 15.4 Å². The fourth-order valence-corrected chi connectivity index (χ4v) is 2.23. The SMILES string of the molecule is O=C(Nc1nc(-c2ccc(Br)cc2)cs1)C(F)(F)F. The third-order valence-electron chi connectivity index (χ3n) is 2.12. The monoisotopic (exact) mass is 350 g/mol. The van der Waals surface area contributed by atoms with E-state index >= 15 is 0 Å². The van der Waals surface area contributed by atoms with E-state index in [1.807, 2.05) is 0 Å². The van der Waals surface area contributed by atoms with E-state index in [0.717, 1.165) is 21.4 Å². The Morgan fingerprint density at radius 3 is 2.47 bits per heavy atom. The normalized spacial score (nSPS) is 11.4. The van der Waals surface area contributed by atoms with Gasteiger partial charge in [-0.1, -0.05) is 28.1 Å². The van der Waals surface area contributed by atoms with E-state index < -0.39 is 12.1 Å². The predicted molar refractivity (Wildman–Crippen MR) is 69.9 cm³/mol. The third kappa shape index (κ3) is 3.54. The first-order valence-electron chi connectivity index (χ1n) is 4.96. The Labute approximate surface area is 118 Å². The van der Waals surface area contributed by atoms with Crippen LogP contribution in [0.4, 0.5) is 18.3 Å². The lowest BCUT2D eigenvalue weighted by Crippen LogP contribution is -2.29. The maximum atomic E-state index is 12.1. The molecule has 3 nitrogen and oxygen atoms in total. The summed E-state index contributed by atoms with van der Waals surface area (Å²) in [5.41, 5.74) is 1.27. The second kappa shape index (κ2) is 5.30. The molecule has 0 unspecified atom stereocenters. The Bertz CT molecular complexity index is 595. The minimum atomic E-state index is -4.91. The van der Waals surface area contributed by atoms with Crippen LogP contribution < -0.4 is 5.32 Å². The number of hydrogen-bond donors (Lipinski definition) is 1. The molecule has 0 atom stereocenters. The molecular formula is C11H6BrF3N2OS. The van der Waals surface area contributed by atoms with Crippen LogP contribution in [0.5, 0.6) is 0 Å². The number of hydrogen-bond acceptors (Lipinski definition) is 3. The van der Waals surface area contributed by atoms with Gasteiger partial charge < -0.3 is 0 Å². The quantitative estimate of drug-likeness (QED) is 0.886. The summed E-state index contributed by atoms with van der Waals surface area (Å²) < 4.78 is 37.1. The zero-order chi connectivity index (χ0) is 14.0. The number of rotatable bonds is 2. The molecule has 0 radical (unpaired) electrons. The molecule has 1 heterocycles. The number of anilines is 1. The highest BCUT2D eigenvalue weighted by molar-refractivity contribution is 9.10. The van der Waals surface area contributed by atoms with Crippen molar-refractivity contribution in [3.8, 4) is 11.3 Å². The summed E-state index contributed by atoms with van der Waals surface area (Å²) >= 11 is 4.22. The highest BCUT2D eigenvalue weighted by Gasteiger charge is 2.39. The molecule has 2 aromatic rings. The van der Waals surface area contributed by atoms with Gasteiger partial charge in [-0.05, 0) is 12.1 Å². The predicted octanol–water partition coefficient (Wildman–Crippen LogP) is 4.07. The molecule has 0 saturated carbocycles. The Kier molecular flexibility index (Phi) is 3.91. The van der Waals surface area contributed by atoms with E-state index in [1.54, 1.807) is 35.0 Å². The van der Waals surface area contributed by atoms with Crippen LogP contribution >= 0.6 is 27.3 Å². The van der Waals surface area contributed by atoms with E-state index in [2.05, 4.69) is 20.9 Å². The number of carbonyl (C=O) groups is 1. The summed E-state index contributed by atoms with van der Waals surface area (Å²) in [6.45, 7) is 0. The molecule has 1 amide bonds. The summed E-state index contributed by atoms with van der Waals surface area (Å²) in [6, 6.07) is 7.13. The van der Waals surface area contributed by atoms with Crippen LogP contribution in [0.2, 0.25) is 0 Å². The maximum Gasteiger partial charge on any atom is 0.471 e. The van der Waals surface area contributed by atoms with Gasteiger partial charge in [-0.25, -0.2) is 4.98 Å². The number of alkyl halides is 3. The van der Waals surface area contributed by atoms with Gasteiger partial charge in [-0.2, -0.15) is 13.2 Å². The first kappa shape index (κ1) is 14.0. The second-order valence-corrected chi connectivity index (χ2v) is 5.27. The minimum absolute atomic E-state index is 0.0831. The number of halogens is 4. The van der Waals surface area contributed by atoms with E-state index in [0.29, 0.717) is 5.69 Å². The standard InChI is InChI=1S/C11H6BrF3N2OS/c12-7-3-1-6(2-4-7)8-5-19-10(16-8)17-9(18)11(13,14)15/h1-5H,(H,16,17,18). The molecule has 8 heteroatoms. The van der Waals surface area contributed by atoms with Gasteiger partial charge in [0.25, 0.3) is 0 Å². The van der Waals surface area contributed by atoms with Crippen LogP contribution in [0, 0.1) is 0 Å². The molecule has 2 rings (SSSR count). The number of aromatic nitrogens is 1. The Hall–Kier alpha value is -1.41. The number of carbonyl (C=O) groups excluding carboxylic acids is 1. The first-order chi connectivity index (χ1) is 8.86. The number of nitrogens with one attached hydrogen (secondary N) is 1. The molecule has 0 aliphatic heterocycles. The summed E-state index contributed by atoms with van der Waals surface area (Å²) in [6.07, 6.45) is -4.91. The van der Waals surface area contributed by atoms with E-state index in [-0.39, 0.29) is 5.13 Å². The molecule has 0 bridgehead atoms. The first-order valence-corrected chi connectivity index (χ1v) is 6.63. The fourth-order valence-electron chi connectivity index (χ4n) is 1.25. The zero-order valence-electron chi connectivity index (χ0n) is 9.16. The molecule has 100 valence electrons. The lowest BCUT2D eigenvalue weighted by molar-refractivity contribution is -0.167. The fraction of sp³-hybridized carbons (Fsp3) is 0.0909. The van der Waals surface area contributed by atoms with Crippen molar-refractivity contribution in [1.82, 2.24) is 4.98 Å². The molecule has 19 heavy (non-hydrogen) atoms. The van der Waals surface area contributed by atoms with Crippen molar-refractivity contribution >= 4 is 38.3 Å². The minimum Gasteiger partial charge on any atom is -0.294 e. The van der Waals surface area contributed by atoms with Gasteiger partial charge >= 0.3 is 12.1 Å². The van der Waals surface area contributed by atoms with Crippen LogP contribution in [0.15, 0.2) is 34.1 Å². The van der Waals surface area contributed by atoms with Crippen molar-refractivity contribution in [2.45, 2.75) is 6.18 Å². The van der Waals surface area contributed by atoms with Crippen molar-refractivity contribution < 1.29 is 18.0 Å². The van der Waals surface area contributed by atoms with Crippen LogP contribution in [-0.4, -0.2) is 17.1 Å². The highest BCUT2D eigenvalue weighted by atomic mass is 79.9. The number of amides is 1. The molecule has 1 N–H and O–H groups in total. The molecule has 0 aliphatic carbocycles. The Morgan fingerprint density at radius 1 is 1.26 bits per heavy atom. The van der Waals surface area contributed by atoms with Crippen molar-refractivity contribution in [3.63, 3.8) is 0 Å². The summed E-state index contributed by atoms with van der Waals surface area (Å²) in [5.74, 6) is -2.02. The number of thiazole rings is 1. The molecule has 0 spiro atoms. The number of benzene rings is 1. The van der Waals surface area contributed by atoms with Crippen molar-refractivity contribution in [3.05, 3.63) is 34.1 Å². The van der Waals surface area contributed by atoms with Crippen LogP contribution in [-0.2, 0) is 4.79 Å².